The number of rotatable bonds is 9. The van der Waals surface area contributed by atoms with Gasteiger partial charge in [0.05, 0.1) is 11.3 Å². The molecule has 1 N–H and O–H groups in total. The Hall–Kier alpha value is -2.22. The van der Waals surface area contributed by atoms with Crippen LogP contribution in [-0.4, -0.2) is 21.8 Å². The molecule has 0 spiro atoms. The van der Waals surface area contributed by atoms with Crippen molar-refractivity contribution >= 4 is 46.4 Å². The predicted octanol–water partition coefficient (Wildman–Crippen LogP) is 6.45. The summed E-state index contributed by atoms with van der Waals surface area (Å²) in [6.45, 7) is 3.76. The summed E-state index contributed by atoms with van der Waals surface area (Å²) in [7, 11) is 0. The molecule has 2 aromatic carbocycles. The summed E-state index contributed by atoms with van der Waals surface area (Å²) in [5, 5.41) is 3.13. The van der Waals surface area contributed by atoms with Crippen LogP contribution in [0.2, 0.25) is 0 Å². The van der Waals surface area contributed by atoms with Crippen molar-refractivity contribution < 1.29 is 19.1 Å². The van der Waals surface area contributed by atoms with Crippen molar-refractivity contribution in [3.8, 4) is 0 Å². The van der Waals surface area contributed by atoms with Crippen LogP contribution in [0.4, 0.5) is 5.69 Å². The van der Waals surface area contributed by atoms with Gasteiger partial charge in [-0.25, -0.2) is 0 Å². The molecular formula is C28H32INO4. The molecule has 1 atom stereocenters. The Kier molecular flexibility index (Phi) is 7.45. The summed E-state index contributed by atoms with van der Waals surface area (Å²) >= 11 is 2.13. The zero-order chi connectivity index (χ0) is 24.3. The molecule has 0 aromatic heterocycles. The number of hydrogen-bond donors (Lipinski definition) is 1. The lowest BCUT2D eigenvalue weighted by Gasteiger charge is -2.24. The second kappa shape index (κ2) is 10.2. The van der Waals surface area contributed by atoms with E-state index in [9.17, 15) is 14.4 Å². The van der Waals surface area contributed by atoms with E-state index >= 15 is 0 Å². The molecule has 1 amide bonds. The van der Waals surface area contributed by atoms with E-state index in [2.05, 4.69) is 27.9 Å². The van der Waals surface area contributed by atoms with E-state index < -0.39 is 9.02 Å². The van der Waals surface area contributed by atoms with Crippen molar-refractivity contribution in [1.29, 1.82) is 0 Å². The quantitative estimate of drug-likeness (QED) is 0.162. The monoisotopic (exact) mass is 573 g/mol. The molecule has 2 fully saturated rings. The number of carbonyl (C=O) groups is 3. The predicted molar refractivity (Wildman–Crippen MR) is 141 cm³/mol. The molecule has 0 aliphatic heterocycles. The number of amides is 1. The lowest BCUT2D eigenvalue weighted by molar-refractivity contribution is -0.155. The summed E-state index contributed by atoms with van der Waals surface area (Å²) in [4.78, 5) is 37.3. The van der Waals surface area contributed by atoms with Crippen LogP contribution in [0, 0.1) is 11.3 Å². The molecule has 0 bridgehead atoms. The van der Waals surface area contributed by atoms with Crippen LogP contribution in [0.1, 0.15) is 79.8 Å². The highest BCUT2D eigenvalue weighted by molar-refractivity contribution is 14.1. The number of carbonyl (C=O) groups excluding carboxylic acids is 3. The summed E-state index contributed by atoms with van der Waals surface area (Å²) in [6, 6.07) is 15.2. The standard InChI is InChI=1S/C28H32INO4/c1-27(2,29)34-26(33)28(14-15-28)17-20-6-5-9-23(16-20)30-25(32)24(21-7-3-4-8-21)22-12-10-19(18-31)11-13-22/h5-6,9-13,16,18,21,24H,3-4,7-8,14-15,17H2,1-2H3,(H,30,32). The highest BCUT2D eigenvalue weighted by atomic mass is 127. The Bertz CT molecular complexity index is 1050. The zero-order valence-corrected chi connectivity index (χ0v) is 22.0. The van der Waals surface area contributed by atoms with Crippen molar-refractivity contribution in [2.45, 2.75) is 68.3 Å². The Balaban J connectivity index is 1.49. The third-order valence-corrected chi connectivity index (χ3v) is 7.16. The van der Waals surface area contributed by atoms with Crippen LogP contribution in [0.3, 0.4) is 0 Å². The van der Waals surface area contributed by atoms with Crippen LogP contribution in [0.5, 0.6) is 0 Å². The second-order valence-corrected chi connectivity index (χ2v) is 12.8. The van der Waals surface area contributed by atoms with E-state index in [0.717, 1.165) is 61.6 Å². The average molecular weight is 573 g/mol. The number of aldehydes is 1. The van der Waals surface area contributed by atoms with E-state index in [4.69, 9.17) is 4.74 Å². The van der Waals surface area contributed by atoms with E-state index in [0.29, 0.717) is 17.9 Å². The Labute approximate surface area is 215 Å². The van der Waals surface area contributed by atoms with Crippen molar-refractivity contribution in [3.63, 3.8) is 0 Å². The number of benzene rings is 2. The van der Waals surface area contributed by atoms with Gasteiger partial charge in [-0.3, -0.25) is 14.4 Å². The van der Waals surface area contributed by atoms with Gasteiger partial charge >= 0.3 is 5.97 Å². The van der Waals surface area contributed by atoms with Gasteiger partial charge in [-0.15, -0.1) is 0 Å². The van der Waals surface area contributed by atoms with Crippen LogP contribution in [-0.2, 0) is 20.7 Å². The summed E-state index contributed by atoms with van der Waals surface area (Å²) in [6.07, 6.45) is 7.44. The highest BCUT2D eigenvalue weighted by Crippen LogP contribution is 2.50. The first-order valence-electron chi connectivity index (χ1n) is 12.1. The maximum atomic E-state index is 13.5. The van der Waals surface area contributed by atoms with Gasteiger partial charge in [0.25, 0.3) is 0 Å². The molecule has 2 aromatic rings. The van der Waals surface area contributed by atoms with Crippen molar-refractivity contribution in [3.05, 3.63) is 65.2 Å². The highest BCUT2D eigenvalue weighted by Gasteiger charge is 2.52. The Morgan fingerprint density at radius 3 is 2.41 bits per heavy atom. The SMILES string of the molecule is CC(C)(I)OC(=O)C1(Cc2cccc(NC(=O)C(c3ccc(C=O)cc3)C3CCCC3)c2)CC1. The van der Waals surface area contributed by atoms with Gasteiger partial charge in [-0.1, -0.05) is 49.2 Å². The average Bonchev–Trinajstić information content (AvgIpc) is 3.37. The number of ether oxygens (including phenoxy) is 1. The van der Waals surface area contributed by atoms with E-state index in [1.54, 1.807) is 12.1 Å². The second-order valence-electron chi connectivity index (χ2n) is 10.2. The number of nitrogens with one attached hydrogen (secondary N) is 1. The van der Waals surface area contributed by atoms with Crippen LogP contribution >= 0.6 is 22.6 Å². The van der Waals surface area contributed by atoms with Gasteiger partial charge in [-0.2, -0.15) is 0 Å². The molecule has 0 radical (unpaired) electrons. The zero-order valence-electron chi connectivity index (χ0n) is 19.8. The number of halogens is 1. The number of alkyl halides is 1. The van der Waals surface area contributed by atoms with E-state index in [-0.39, 0.29) is 17.8 Å². The number of esters is 1. The van der Waals surface area contributed by atoms with Crippen LogP contribution in [0.15, 0.2) is 48.5 Å². The molecule has 0 heterocycles. The van der Waals surface area contributed by atoms with Gasteiger partial charge in [0.1, 0.15) is 6.29 Å². The fourth-order valence-corrected chi connectivity index (χ4v) is 5.21. The first-order chi connectivity index (χ1) is 16.2. The van der Waals surface area contributed by atoms with Gasteiger partial charge in [-0.05, 0) is 97.7 Å². The lowest BCUT2D eigenvalue weighted by Crippen LogP contribution is -2.29. The first kappa shape index (κ1) is 24.9. The minimum atomic E-state index is -0.528. The van der Waals surface area contributed by atoms with Crippen LogP contribution < -0.4 is 5.32 Å². The smallest absolute Gasteiger partial charge is 0.313 e. The van der Waals surface area contributed by atoms with Crippen molar-refractivity contribution in [1.82, 2.24) is 0 Å². The Morgan fingerprint density at radius 2 is 1.82 bits per heavy atom. The van der Waals surface area contributed by atoms with Crippen molar-refractivity contribution in [2.75, 3.05) is 5.32 Å². The molecule has 2 aliphatic rings. The fraction of sp³-hybridized carbons (Fsp3) is 0.464. The lowest BCUT2D eigenvalue weighted by atomic mass is 9.83. The summed E-state index contributed by atoms with van der Waals surface area (Å²) in [5.41, 5.74) is 2.88. The maximum absolute atomic E-state index is 13.5. The summed E-state index contributed by atoms with van der Waals surface area (Å²) < 4.78 is 5.11. The van der Waals surface area contributed by atoms with Gasteiger partial charge in [0, 0.05) is 11.3 Å². The van der Waals surface area contributed by atoms with Gasteiger partial charge in [0.2, 0.25) is 5.91 Å². The molecular weight excluding hydrogens is 541 g/mol. The molecule has 180 valence electrons. The normalized spacial score (nSPS) is 18.2. The number of hydrogen-bond acceptors (Lipinski definition) is 4. The fourth-order valence-electron chi connectivity index (χ4n) is 5.01. The van der Waals surface area contributed by atoms with Gasteiger partial charge in [0.15, 0.2) is 3.61 Å². The molecule has 2 saturated carbocycles. The third-order valence-electron chi connectivity index (χ3n) is 6.94. The van der Waals surface area contributed by atoms with Gasteiger partial charge < -0.3 is 10.1 Å². The number of anilines is 1. The van der Waals surface area contributed by atoms with E-state index in [1.807, 2.05) is 50.2 Å². The Morgan fingerprint density at radius 1 is 1.15 bits per heavy atom. The molecule has 2 aliphatic carbocycles. The molecule has 1 unspecified atom stereocenters. The molecule has 4 rings (SSSR count). The van der Waals surface area contributed by atoms with E-state index in [1.165, 1.54) is 0 Å². The van der Waals surface area contributed by atoms with Crippen molar-refractivity contribution in [2.24, 2.45) is 11.3 Å². The molecule has 34 heavy (non-hydrogen) atoms. The first-order valence-corrected chi connectivity index (χ1v) is 13.1. The minimum Gasteiger partial charge on any atom is -0.449 e. The largest absolute Gasteiger partial charge is 0.449 e. The summed E-state index contributed by atoms with van der Waals surface area (Å²) in [5.74, 6) is -0.106. The molecule has 0 saturated heterocycles. The minimum absolute atomic E-state index is 0.0184. The maximum Gasteiger partial charge on any atom is 0.313 e. The molecule has 5 nitrogen and oxygen atoms in total. The topological polar surface area (TPSA) is 72.5 Å². The third kappa shape index (κ3) is 6.06. The molecule has 6 heteroatoms. The van der Waals surface area contributed by atoms with Crippen LogP contribution in [0.25, 0.3) is 0 Å².